The van der Waals surface area contributed by atoms with Crippen molar-refractivity contribution >= 4 is 28.9 Å². The number of piperidine rings is 1. The predicted octanol–water partition coefficient (Wildman–Crippen LogP) is 4.36. The van der Waals surface area contributed by atoms with Crippen LogP contribution in [0.5, 0.6) is 5.75 Å². The van der Waals surface area contributed by atoms with Gasteiger partial charge in [0.15, 0.2) is 0 Å². The van der Waals surface area contributed by atoms with E-state index in [1.54, 1.807) is 37.7 Å². The van der Waals surface area contributed by atoms with E-state index < -0.39 is 0 Å². The second-order valence-electron chi connectivity index (χ2n) is 6.43. The lowest BCUT2D eigenvalue weighted by Crippen LogP contribution is -2.39. The summed E-state index contributed by atoms with van der Waals surface area (Å²) in [5.74, 6) is 1.24. The van der Waals surface area contributed by atoms with Gasteiger partial charge in [0.05, 0.1) is 30.2 Å². The van der Waals surface area contributed by atoms with E-state index in [2.05, 4.69) is 17.2 Å². The van der Waals surface area contributed by atoms with E-state index in [1.165, 1.54) is 6.42 Å². The van der Waals surface area contributed by atoms with Crippen molar-refractivity contribution in [2.24, 2.45) is 5.92 Å². The molecule has 1 saturated heterocycles. The molecule has 0 bridgehead atoms. The van der Waals surface area contributed by atoms with Crippen LogP contribution in [-0.2, 0) is 0 Å². The summed E-state index contributed by atoms with van der Waals surface area (Å²) in [7, 11) is 1.60. The Morgan fingerprint density at radius 1 is 1.36 bits per heavy atom. The Bertz CT molecular complexity index is 766. The molecule has 132 valence electrons. The smallest absolute Gasteiger partial charge is 0.255 e. The fraction of sp³-hybridized carbons (Fsp3) is 0.368. The van der Waals surface area contributed by atoms with Gasteiger partial charge in [0, 0.05) is 24.3 Å². The SMILES string of the molecule is COc1ccc(Cl)cc1Nc1cncc(C(=O)N2CCCC(C)C2)c1. The Morgan fingerprint density at radius 3 is 2.96 bits per heavy atom. The third-order valence-electron chi connectivity index (χ3n) is 4.37. The Balaban J connectivity index is 1.80. The summed E-state index contributed by atoms with van der Waals surface area (Å²) in [5, 5.41) is 3.83. The number of carbonyl (C=O) groups is 1. The maximum absolute atomic E-state index is 12.7. The standard InChI is InChI=1S/C19H22ClN3O2/c1-13-4-3-7-23(12-13)19(24)14-8-16(11-21-10-14)22-17-9-15(20)5-6-18(17)25-2/h5-6,8-11,13,22H,3-4,7,12H2,1-2H3. The Kier molecular flexibility index (Phi) is 5.43. The molecule has 0 saturated carbocycles. The average molecular weight is 360 g/mol. The first kappa shape index (κ1) is 17.5. The van der Waals surface area contributed by atoms with Crippen molar-refractivity contribution in [3.63, 3.8) is 0 Å². The molecular weight excluding hydrogens is 338 g/mol. The van der Waals surface area contributed by atoms with E-state index in [1.807, 2.05) is 11.0 Å². The highest BCUT2D eigenvalue weighted by atomic mass is 35.5. The zero-order chi connectivity index (χ0) is 17.8. The maximum atomic E-state index is 12.7. The first-order valence-corrected chi connectivity index (χ1v) is 8.79. The number of hydrogen-bond acceptors (Lipinski definition) is 4. The van der Waals surface area contributed by atoms with Gasteiger partial charge in [0.1, 0.15) is 5.75 Å². The molecular formula is C19H22ClN3O2. The largest absolute Gasteiger partial charge is 0.495 e. The van der Waals surface area contributed by atoms with Crippen LogP contribution in [0, 0.1) is 5.92 Å². The van der Waals surface area contributed by atoms with Crippen LogP contribution in [0.15, 0.2) is 36.7 Å². The van der Waals surface area contributed by atoms with Crippen LogP contribution >= 0.6 is 11.6 Å². The molecule has 0 spiro atoms. The number of hydrogen-bond donors (Lipinski definition) is 1. The van der Waals surface area contributed by atoms with Crippen LogP contribution in [0.2, 0.25) is 5.02 Å². The summed E-state index contributed by atoms with van der Waals surface area (Å²) in [4.78, 5) is 18.9. The lowest BCUT2D eigenvalue weighted by molar-refractivity contribution is 0.0682. The fourth-order valence-electron chi connectivity index (χ4n) is 3.12. The first-order chi connectivity index (χ1) is 12.1. The minimum atomic E-state index is 0.0285. The number of methoxy groups -OCH3 is 1. The first-order valence-electron chi connectivity index (χ1n) is 8.41. The third kappa shape index (κ3) is 4.23. The van der Waals surface area contributed by atoms with Crippen molar-refractivity contribution in [3.05, 3.63) is 47.2 Å². The molecule has 1 N–H and O–H groups in total. The van der Waals surface area contributed by atoms with Gasteiger partial charge in [-0.15, -0.1) is 0 Å². The van der Waals surface area contributed by atoms with Gasteiger partial charge in [-0.05, 0) is 43.0 Å². The van der Waals surface area contributed by atoms with E-state index >= 15 is 0 Å². The number of benzene rings is 1. The molecule has 6 heteroatoms. The van der Waals surface area contributed by atoms with Crippen molar-refractivity contribution in [2.45, 2.75) is 19.8 Å². The van der Waals surface area contributed by atoms with Crippen molar-refractivity contribution in [2.75, 3.05) is 25.5 Å². The van der Waals surface area contributed by atoms with Crippen LogP contribution in [0.3, 0.4) is 0 Å². The van der Waals surface area contributed by atoms with Crippen LogP contribution in [0.25, 0.3) is 0 Å². The lowest BCUT2D eigenvalue weighted by Gasteiger charge is -2.31. The molecule has 25 heavy (non-hydrogen) atoms. The molecule has 1 aromatic heterocycles. The van der Waals surface area contributed by atoms with Gasteiger partial charge < -0.3 is 15.0 Å². The summed E-state index contributed by atoms with van der Waals surface area (Å²) in [6, 6.07) is 7.15. The molecule has 1 unspecified atom stereocenters. The molecule has 1 aliphatic heterocycles. The van der Waals surface area contributed by atoms with E-state index in [-0.39, 0.29) is 5.91 Å². The predicted molar refractivity (Wildman–Crippen MR) is 99.8 cm³/mol. The number of amides is 1. The van der Waals surface area contributed by atoms with Gasteiger partial charge in [0.25, 0.3) is 5.91 Å². The van der Waals surface area contributed by atoms with E-state index in [0.717, 1.165) is 30.9 Å². The van der Waals surface area contributed by atoms with Gasteiger partial charge in [-0.3, -0.25) is 9.78 Å². The van der Waals surface area contributed by atoms with Crippen LogP contribution in [0.1, 0.15) is 30.1 Å². The highest BCUT2D eigenvalue weighted by Gasteiger charge is 2.22. The topological polar surface area (TPSA) is 54.5 Å². The second kappa shape index (κ2) is 7.74. The van der Waals surface area contributed by atoms with Crippen LogP contribution in [0.4, 0.5) is 11.4 Å². The zero-order valence-corrected chi connectivity index (χ0v) is 15.2. The van der Waals surface area contributed by atoms with Crippen LogP contribution < -0.4 is 10.1 Å². The summed E-state index contributed by atoms with van der Waals surface area (Å²) in [5.41, 5.74) is 2.03. The molecule has 2 heterocycles. The van der Waals surface area contributed by atoms with E-state index in [9.17, 15) is 4.79 Å². The molecule has 2 aromatic rings. The molecule has 1 atom stereocenters. The highest BCUT2D eigenvalue weighted by molar-refractivity contribution is 6.31. The summed E-state index contributed by atoms with van der Waals surface area (Å²) < 4.78 is 5.34. The monoisotopic (exact) mass is 359 g/mol. The molecule has 1 aliphatic rings. The number of carbonyl (C=O) groups excluding carboxylic acids is 1. The van der Waals surface area contributed by atoms with Crippen molar-refractivity contribution in [3.8, 4) is 5.75 Å². The summed E-state index contributed by atoms with van der Waals surface area (Å²) in [6.45, 7) is 3.79. The van der Waals surface area contributed by atoms with E-state index in [0.29, 0.717) is 22.3 Å². The zero-order valence-electron chi connectivity index (χ0n) is 14.5. The maximum Gasteiger partial charge on any atom is 0.255 e. The second-order valence-corrected chi connectivity index (χ2v) is 6.87. The number of anilines is 2. The molecule has 1 fully saturated rings. The van der Waals surface area contributed by atoms with Crippen molar-refractivity contribution < 1.29 is 9.53 Å². The lowest BCUT2D eigenvalue weighted by atomic mass is 10.00. The number of likely N-dealkylation sites (tertiary alicyclic amines) is 1. The fourth-order valence-corrected chi connectivity index (χ4v) is 3.29. The van der Waals surface area contributed by atoms with Gasteiger partial charge in [0.2, 0.25) is 0 Å². The Hall–Kier alpha value is -2.27. The minimum Gasteiger partial charge on any atom is -0.495 e. The number of nitrogens with one attached hydrogen (secondary N) is 1. The quantitative estimate of drug-likeness (QED) is 0.881. The number of pyridine rings is 1. The average Bonchev–Trinajstić information content (AvgIpc) is 2.61. The van der Waals surface area contributed by atoms with Gasteiger partial charge in [-0.1, -0.05) is 18.5 Å². The minimum absolute atomic E-state index is 0.0285. The highest BCUT2D eigenvalue weighted by Crippen LogP contribution is 2.30. The number of rotatable bonds is 4. The third-order valence-corrected chi connectivity index (χ3v) is 4.61. The normalized spacial score (nSPS) is 17.2. The van der Waals surface area contributed by atoms with Gasteiger partial charge in [-0.25, -0.2) is 0 Å². The Morgan fingerprint density at radius 2 is 2.20 bits per heavy atom. The Labute approximate surface area is 153 Å². The van der Waals surface area contributed by atoms with Crippen LogP contribution in [-0.4, -0.2) is 36.0 Å². The van der Waals surface area contributed by atoms with Crippen molar-refractivity contribution in [1.82, 2.24) is 9.88 Å². The molecule has 3 rings (SSSR count). The number of nitrogens with zero attached hydrogens (tertiary/aromatic N) is 2. The van der Waals surface area contributed by atoms with Gasteiger partial charge in [-0.2, -0.15) is 0 Å². The number of ether oxygens (including phenoxy) is 1. The summed E-state index contributed by atoms with van der Waals surface area (Å²) in [6.07, 6.45) is 5.52. The summed E-state index contributed by atoms with van der Waals surface area (Å²) >= 11 is 6.06. The van der Waals surface area contributed by atoms with Crippen molar-refractivity contribution in [1.29, 1.82) is 0 Å². The number of aromatic nitrogens is 1. The molecule has 5 nitrogen and oxygen atoms in total. The molecule has 0 radical (unpaired) electrons. The number of halogens is 1. The molecule has 0 aliphatic carbocycles. The van der Waals surface area contributed by atoms with E-state index in [4.69, 9.17) is 16.3 Å². The molecule has 1 amide bonds. The molecule has 1 aromatic carbocycles. The van der Waals surface area contributed by atoms with Gasteiger partial charge >= 0.3 is 0 Å².